The summed E-state index contributed by atoms with van der Waals surface area (Å²) in [5.41, 5.74) is 0.00522. The monoisotopic (exact) mass is 283 g/mol. The van der Waals surface area contributed by atoms with Crippen molar-refractivity contribution < 1.29 is 14.7 Å². The number of hydrogen-bond donors (Lipinski definition) is 3. The van der Waals surface area contributed by atoms with E-state index in [1.165, 1.54) is 12.3 Å². The van der Waals surface area contributed by atoms with E-state index in [1.54, 1.807) is 6.92 Å². The lowest BCUT2D eigenvalue weighted by Gasteiger charge is -2.15. The Bertz CT molecular complexity index is 517. The molecular weight excluding hydrogens is 270 g/mol. The van der Waals surface area contributed by atoms with E-state index < -0.39 is 12.0 Å². The molecule has 19 heavy (non-hydrogen) atoms. The summed E-state index contributed by atoms with van der Waals surface area (Å²) in [5, 5.41) is 14.7. The number of nitrogens with one attached hydrogen (secondary N) is 2. The molecule has 6 nitrogen and oxygen atoms in total. The zero-order valence-electron chi connectivity index (χ0n) is 10.3. The zero-order chi connectivity index (χ0) is 14.0. The molecule has 0 saturated heterocycles. The second-order valence-electron chi connectivity index (χ2n) is 4.51. The van der Waals surface area contributed by atoms with Gasteiger partial charge in [-0.05, 0) is 25.8 Å². The van der Waals surface area contributed by atoms with Gasteiger partial charge < -0.3 is 15.7 Å². The fourth-order valence-electron chi connectivity index (χ4n) is 1.49. The topological polar surface area (TPSA) is 91.3 Å². The number of anilines is 1. The maximum absolute atomic E-state index is 11.7. The molecule has 1 fully saturated rings. The molecule has 1 amide bonds. The Morgan fingerprint density at radius 3 is 2.74 bits per heavy atom. The fraction of sp³-hybridized carbons (Fsp3) is 0.417. The average molecular weight is 284 g/mol. The van der Waals surface area contributed by atoms with Crippen LogP contribution >= 0.6 is 11.6 Å². The first kappa shape index (κ1) is 13.6. The van der Waals surface area contributed by atoms with Crippen molar-refractivity contribution in [2.75, 3.05) is 5.32 Å². The second-order valence-corrected chi connectivity index (χ2v) is 4.92. The highest BCUT2D eigenvalue weighted by Crippen LogP contribution is 2.22. The second kappa shape index (κ2) is 5.44. The highest BCUT2D eigenvalue weighted by Gasteiger charge is 2.26. The van der Waals surface area contributed by atoms with E-state index in [9.17, 15) is 9.59 Å². The summed E-state index contributed by atoms with van der Waals surface area (Å²) < 4.78 is 0. The fourth-order valence-corrected chi connectivity index (χ4v) is 1.71. The summed E-state index contributed by atoms with van der Waals surface area (Å²) in [7, 11) is 0. The van der Waals surface area contributed by atoms with E-state index in [4.69, 9.17) is 16.7 Å². The number of carboxylic acid groups (broad SMARTS) is 1. The Labute approximate surface area is 115 Å². The number of aromatic nitrogens is 1. The van der Waals surface area contributed by atoms with Gasteiger partial charge >= 0.3 is 5.97 Å². The molecule has 1 aromatic heterocycles. The van der Waals surface area contributed by atoms with Crippen molar-refractivity contribution >= 4 is 29.3 Å². The van der Waals surface area contributed by atoms with Crippen LogP contribution in [0.15, 0.2) is 12.3 Å². The van der Waals surface area contributed by atoms with Crippen LogP contribution in [-0.2, 0) is 4.79 Å². The van der Waals surface area contributed by atoms with Crippen molar-refractivity contribution in [3.05, 3.63) is 22.8 Å². The number of pyridine rings is 1. The van der Waals surface area contributed by atoms with Crippen molar-refractivity contribution in [3.8, 4) is 0 Å². The number of hydrogen-bond acceptors (Lipinski definition) is 4. The number of aromatic carboxylic acids is 1. The lowest BCUT2D eigenvalue weighted by molar-refractivity contribution is -0.121. The summed E-state index contributed by atoms with van der Waals surface area (Å²) in [6.45, 7) is 1.70. The summed E-state index contributed by atoms with van der Waals surface area (Å²) in [6, 6.07) is 1.10. The minimum absolute atomic E-state index is 0.00522. The number of rotatable bonds is 5. The van der Waals surface area contributed by atoms with Gasteiger partial charge in [-0.2, -0.15) is 0 Å². The van der Waals surface area contributed by atoms with Gasteiger partial charge in [0.05, 0.1) is 10.6 Å². The predicted molar refractivity (Wildman–Crippen MR) is 70.5 cm³/mol. The smallest absolute Gasteiger partial charge is 0.337 e. The number of nitrogens with zero attached hydrogens (tertiary/aromatic N) is 1. The van der Waals surface area contributed by atoms with Crippen LogP contribution in [0.5, 0.6) is 0 Å². The third-order valence-electron chi connectivity index (χ3n) is 2.76. The van der Waals surface area contributed by atoms with Crippen LogP contribution in [0.4, 0.5) is 5.82 Å². The maximum Gasteiger partial charge on any atom is 0.337 e. The van der Waals surface area contributed by atoms with E-state index in [1.807, 2.05) is 0 Å². The predicted octanol–water partition coefficient (Wildman–Crippen LogP) is 1.51. The largest absolute Gasteiger partial charge is 0.478 e. The molecule has 2 rings (SSSR count). The summed E-state index contributed by atoms with van der Waals surface area (Å²) >= 11 is 5.92. The van der Waals surface area contributed by atoms with Gasteiger partial charge in [-0.1, -0.05) is 11.6 Å². The minimum atomic E-state index is -1.10. The van der Waals surface area contributed by atoms with Crippen LogP contribution in [0.1, 0.15) is 30.1 Å². The molecule has 7 heteroatoms. The highest BCUT2D eigenvalue weighted by molar-refractivity contribution is 6.33. The molecule has 1 saturated carbocycles. The van der Waals surface area contributed by atoms with Crippen LogP contribution in [0.2, 0.25) is 5.02 Å². The van der Waals surface area contributed by atoms with E-state index in [2.05, 4.69) is 15.6 Å². The van der Waals surface area contributed by atoms with Crippen molar-refractivity contribution in [3.63, 3.8) is 0 Å². The minimum Gasteiger partial charge on any atom is -0.478 e. The molecule has 3 N–H and O–H groups in total. The Morgan fingerprint density at radius 1 is 1.53 bits per heavy atom. The molecule has 0 bridgehead atoms. The third kappa shape index (κ3) is 3.57. The van der Waals surface area contributed by atoms with Gasteiger partial charge in [-0.25, -0.2) is 9.78 Å². The van der Waals surface area contributed by atoms with Gasteiger partial charge in [0.15, 0.2) is 0 Å². The maximum atomic E-state index is 11.7. The Kier molecular flexibility index (Phi) is 3.90. The molecular formula is C12H14ClN3O3. The quantitative estimate of drug-likeness (QED) is 0.762. The zero-order valence-corrected chi connectivity index (χ0v) is 11.1. The van der Waals surface area contributed by atoms with Crippen LogP contribution in [0, 0.1) is 0 Å². The van der Waals surface area contributed by atoms with Gasteiger partial charge in [0.25, 0.3) is 0 Å². The number of amides is 1. The van der Waals surface area contributed by atoms with Gasteiger partial charge in [-0.15, -0.1) is 0 Å². The Morgan fingerprint density at radius 2 is 2.21 bits per heavy atom. The Hall–Kier alpha value is -1.82. The molecule has 0 radical (unpaired) electrons. The first-order valence-corrected chi connectivity index (χ1v) is 6.31. The van der Waals surface area contributed by atoms with E-state index in [-0.39, 0.29) is 22.5 Å². The number of carboxylic acids is 1. The average Bonchev–Trinajstić information content (AvgIpc) is 3.15. The van der Waals surface area contributed by atoms with E-state index >= 15 is 0 Å². The van der Waals surface area contributed by atoms with Crippen LogP contribution in [0.25, 0.3) is 0 Å². The molecule has 0 aromatic carbocycles. The third-order valence-corrected chi connectivity index (χ3v) is 3.05. The number of carbonyl (C=O) groups excluding carboxylic acids is 1. The first-order chi connectivity index (χ1) is 8.97. The van der Waals surface area contributed by atoms with Crippen molar-refractivity contribution in [2.24, 2.45) is 0 Å². The molecule has 1 atom stereocenters. The van der Waals surface area contributed by atoms with Crippen molar-refractivity contribution in [1.82, 2.24) is 10.3 Å². The lowest BCUT2D eigenvalue weighted by atomic mass is 10.2. The van der Waals surface area contributed by atoms with E-state index in [0.29, 0.717) is 5.82 Å². The molecule has 1 aliphatic carbocycles. The summed E-state index contributed by atoms with van der Waals surface area (Å²) in [5.74, 6) is -0.923. The summed E-state index contributed by atoms with van der Waals surface area (Å²) in [4.78, 5) is 26.4. The van der Waals surface area contributed by atoms with Crippen LogP contribution < -0.4 is 10.6 Å². The summed E-state index contributed by atoms with van der Waals surface area (Å²) in [6.07, 6.45) is 3.23. The first-order valence-electron chi connectivity index (χ1n) is 5.93. The normalized spacial score (nSPS) is 15.7. The lowest BCUT2D eigenvalue weighted by Crippen LogP contribution is -2.38. The SMILES string of the molecule is CC(Nc1ncc(C(=O)O)cc1Cl)C(=O)NC1CC1. The number of halogens is 1. The highest BCUT2D eigenvalue weighted by atomic mass is 35.5. The van der Waals surface area contributed by atoms with Gasteiger partial charge in [0, 0.05) is 12.2 Å². The molecule has 1 aliphatic rings. The molecule has 102 valence electrons. The van der Waals surface area contributed by atoms with Gasteiger partial charge in [0.1, 0.15) is 11.9 Å². The molecule has 1 aromatic rings. The van der Waals surface area contributed by atoms with Crippen molar-refractivity contribution in [1.29, 1.82) is 0 Å². The molecule has 1 heterocycles. The van der Waals surface area contributed by atoms with Crippen LogP contribution in [0.3, 0.4) is 0 Å². The molecule has 0 aliphatic heterocycles. The number of carbonyl (C=O) groups is 2. The van der Waals surface area contributed by atoms with Gasteiger partial charge in [-0.3, -0.25) is 4.79 Å². The Balaban J connectivity index is 2.01. The molecule has 0 spiro atoms. The van der Waals surface area contributed by atoms with Crippen molar-refractivity contribution in [2.45, 2.75) is 31.8 Å². The van der Waals surface area contributed by atoms with E-state index in [0.717, 1.165) is 12.8 Å². The standard InChI is InChI=1S/C12H14ClN3O3/c1-6(11(17)16-8-2-3-8)15-10-9(13)4-7(5-14-10)12(18)19/h4-6,8H,2-3H2,1H3,(H,14,15)(H,16,17)(H,18,19). The van der Waals surface area contributed by atoms with Crippen LogP contribution in [-0.4, -0.2) is 34.1 Å². The van der Waals surface area contributed by atoms with Gasteiger partial charge in [0.2, 0.25) is 5.91 Å². The molecule has 1 unspecified atom stereocenters.